The number of aliphatic hydroxyl groups is 2. The molecule has 18 atom stereocenters. The van der Waals surface area contributed by atoms with E-state index in [1.165, 1.54) is 27.4 Å². The molecule has 101 heavy (non-hydrogen) atoms. The number of piperidine rings is 1. The second-order valence-corrected chi connectivity index (χ2v) is 30.2. The molecule has 556 valence electrons. The molecule has 9 rings (SSSR count). The highest BCUT2D eigenvalue weighted by Gasteiger charge is 2.65. The maximum absolute atomic E-state index is 14.7. The number of allylic oxidation sites excluding steroid dienone is 7. The number of Topliss-reactive ketones (excluding diaryl/α,β-unsaturated/α-hetero) is 4. The Balaban J connectivity index is 0.839. The van der Waals surface area contributed by atoms with Crippen molar-refractivity contribution in [3.63, 3.8) is 0 Å². The van der Waals surface area contributed by atoms with Crippen LogP contribution in [0.1, 0.15) is 198 Å². The maximum atomic E-state index is 14.7. The number of hydrogen-bond acceptors (Lipinski definition) is 23. The Labute approximate surface area is 591 Å². The third-order valence-corrected chi connectivity index (χ3v) is 23.0. The molecule has 24 heteroatoms. The Bertz CT molecular complexity index is 3440. The summed E-state index contributed by atoms with van der Waals surface area (Å²) in [5.74, 6) is -12.4. The second-order valence-electron chi connectivity index (χ2n) is 30.2. The number of hydrogen-bond donors (Lipinski definition) is 2. The summed E-state index contributed by atoms with van der Waals surface area (Å²) in [6.07, 6.45) is 10.5. The van der Waals surface area contributed by atoms with E-state index >= 15 is 0 Å². The predicted molar refractivity (Wildman–Crippen MR) is 363 cm³/mol. The number of ether oxygens (including phenoxy) is 10. The van der Waals surface area contributed by atoms with Gasteiger partial charge in [-0.2, -0.15) is 0 Å². The van der Waals surface area contributed by atoms with Crippen LogP contribution in [0.4, 0.5) is 0 Å². The molecule has 2 saturated heterocycles. The van der Waals surface area contributed by atoms with E-state index in [9.17, 15) is 58.2 Å². The molecule has 24 nitrogen and oxygen atoms in total. The van der Waals surface area contributed by atoms with Crippen molar-refractivity contribution in [3.05, 3.63) is 81.9 Å². The lowest BCUT2D eigenvalue weighted by Crippen LogP contribution is -2.61. The number of cyclic esters (lactones) is 2. The fraction of sp³-hybridized carbons (Fsp3) is 0.688. The summed E-state index contributed by atoms with van der Waals surface area (Å²) in [7, 11) is 4.39. The lowest BCUT2D eigenvalue weighted by Gasteiger charge is -2.52. The SMILES string of the molecule is COC[C@H]1OC(=O)c2coc3c2[C@@]1(C)C1=C(C3=O)C2CC[C@H](OC(=O)COCC(=O)OC3CCC(C[C@@H](C)[C@@H]4CC(=O)C(C)=CC(C)[C@@H](O)[C@@H](OC)C(=O)[C@H](C)C[C@H](C)C=CC=CC=C(C)[C@@H](OC)C[C@@H]5CC[C@@H](C)[C@@](O)(O5)C(=O)C(=O)N5CCCC[C@H]5C(=O)O4)CC3)[C@@]2(C)C[C@H]1OC(C)=O. The zero-order chi connectivity index (χ0) is 73.6. The largest absolute Gasteiger partial charge is 0.461 e. The number of methoxy groups -OCH3 is 3. The topological polar surface area (TPSA) is 320 Å². The molecular formula is C77H105NO23. The van der Waals surface area contributed by atoms with Crippen molar-refractivity contribution >= 4 is 58.9 Å². The van der Waals surface area contributed by atoms with Crippen LogP contribution < -0.4 is 0 Å². The number of carbonyl (C=O) groups excluding carboxylic acids is 10. The van der Waals surface area contributed by atoms with Gasteiger partial charge < -0.3 is 66.9 Å². The van der Waals surface area contributed by atoms with Crippen LogP contribution in [0.2, 0.25) is 0 Å². The number of aliphatic hydroxyl groups excluding tert-OH is 1. The van der Waals surface area contributed by atoms with Crippen LogP contribution in [-0.2, 0) is 91.1 Å². The minimum Gasteiger partial charge on any atom is -0.461 e. The van der Waals surface area contributed by atoms with Gasteiger partial charge in [0, 0.05) is 81.9 Å². The van der Waals surface area contributed by atoms with Gasteiger partial charge in [-0.25, -0.2) is 19.2 Å². The number of esters is 5. The van der Waals surface area contributed by atoms with E-state index in [2.05, 4.69) is 0 Å². The van der Waals surface area contributed by atoms with Gasteiger partial charge in [-0.3, -0.25) is 28.8 Å². The Kier molecular flexibility index (Phi) is 25.8. The highest BCUT2D eigenvalue weighted by molar-refractivity contribution is 6.39. The molecule has 0 aromatic carbocycles. The number of fused-ring (bicyclic) bond motifs is 6. The number of carbonyl (C=O) groups is 10. The van der Waals surface area contributed by atoms with Crippen LogP contribution in [0.25, 0.3) is 0 Å². The second kappa shape index (κ2) is 33.3. The molecule has 1 aromatic heterocycles. The molecule has 0 spiro atoms. The highest BCUT2D eigenvalue weighted by Crippen LogP contribution is 2.63. The van der Waals surface area contributed by atoms with Gasteiger partial charge in [0.05, 0.1) is 30.3 Å². The molecule has 1 amide bonds. The van der Waals surface area contributed by atoms with Crippen LogP contribution in [0.3, 0.4) is 0 Å². The summed E-state index contributed by atoms with van der Waals surface area (Å²) >= 11 is 0. The minimum atomic E-state index is -2.50. The first kappa shape index (κ1) is 78.3. The minimum absolute atomic E-state index is 0.00178. The Morgan fingerprint density at radius 1 is 0.802 bits per heavy atom. The summed E-state index contributed by atoms with van der Waals surface area (Å²) in [5.41, 5.74) is 0.364. The molecule has 4 fully saturated rings. The van der Waals surface area contributed by atoms with Gasteiger partial charge in [0.25, 0.3) is 11.7 Å². The summed E-state index contributed by atoms with van der Waals surface area (Å²) in [4.78, 5) is 141. The van der Waals surface area contributed by atoms with Crippen molar-refractivity contribution in [2.24, 2.45) is 46.8 Å². The van der Waals surface area contributed by atoms with E-state index < -0.39 is 174 Å². The van der Waals surface area contributed by atoms with Crippen LogP contribution in [0, 0.1) is 46.8 Å². The normalized spacial score (nSPS) is 36.0. The van der Waals surface area contributed by atoms with Crippen LogP contribution >= 0.6 is 0 Å². The molecule has 5 heterocycles. The van der Waals surface area contributed by atoms with Gasteiger partial charge in [-0.15, -0.1) is 0 Å². The molecule has 4 aliphatic carbocycles. The van der Waals surface area contributed by atoms with Crippen LogP contribution in [-0.4, -0.2) is 188 Å². The molecular weight excluding hydrogens is 1310 g/mol. The standard InChI is InChI=1S/C77H105NO23/c1-41-19-15-14-16-20-42(2)56(92-12)34-51-25-22-47(7)77(90,101-51)71(86)72(87)78-30-18-17-21-54(78)74(89)98-57(35-55(80)43(3)32-46(6)67(84)70(93-13)66(83)45(5)31-41)44(4)33-49-23-26-50(27-24-49)97-61(81)39-94-40-62(82)99-59-29-28-53-63-65(58(96-48(8)79)36-75(53,59)9)76(10)60(38-91-11)100-73(88)52-37-95-69(64(52)76)68(63)85/h14-16,19-20,32,37,41,44-47,49-51,53-54,56-60,67,70,84,90H,17-18,21-31,33-36,38-40H2,1-13H3/t41-,44-,45-,46?,47-,49?,50?,51+,53?,54+,56+,57+,58-,59+,60-,67-,70+,75+,76+,77-/m1/s1. The van der Waals surface area contributed by atoms with E-state index in [0.29, 0.717) is 93.8 Å². The fourth-order valence-electron chi connectivity index (χ4n) is 17.2. The van der Waals surface area contributed by atoms with E-state index in [1.807, 2.05) is 65.0 Å². The number of amides is 1. The first-order valence-electron chi connectivity index (χ1n) is 36.1. The molecule has 2 bridgehead atoms. The van der Waals surface area contributed by atoms with Crippen molar-refractivity contribution in [1.82, 2.24) is 4.90 Å². The summed E-state index contributed by atoms with van der Waals surface area (Å²) in [6.45, 7) is 16.3. The summed E-state index contributed by atoms with van der Waals surface area (Å²) in [6, 6.07) is -1.23. The van der Waals surface area contributed by atoms with Crippen LogP contribution in [0.5, 0.6) is 0 Å². The van der Waals surface area contributed by atoms with Gasteiger partial charge in [0.1, 0.15) is 67.7 Å². The Hall–Kier alpha value is -6.80. The van der Waals surface area contributed by atoms with Crippen molar-refractivity contribution in [2.45, 2.75) is 244 Å². The van der Waals surface area contributed by atoms with Gasteiger partial charge in [-0.1, -0.05) is 78.0 Å². The molecule has 2 N–H and O–H groups in total. The average molecular weight is 1410 g/mol. The van der Waals surface area contributed by atoms with Crippen molar-refractivity contribution < 1.29 is 110 Å². The molecule has 1 aromatic rings. The first-order chi connectivity index (χ1) is 47.9. The van der Waals surface area contributed by atoms with E-state index in [1.54, 1.807) is 40.9 Å². The van der Waals surface area contributed by atoms with Gasteiger partial charge in [-0.05, 0) is 151 Å². The third kappa shape index (κ3) is 16.9. The number of rotatable bonds is 14. The zero-order valence-corrected chi connectivity index (χ0v) is 60.9. The van der Waals surface area contributed by atoms with Crippen molar-refractivity contribution in [2.75, 3.05) is 47.7 Å². The maximum Gasteiger partial charge on any atom is 0.342 e. The van der Waals surface area contributed by atoms with Gasteiger partial charge in [0.2, 0.25) is 11.6 Å². The smallest absolute Gasteiger partial charge is 0.342 e. The summed E-state index contributed by atoms with van der Waals surface area (Å²) in [5, 5.41) is 23.8. The fourth-order valence-corrected chi connectivity index (χ4v) is 17.2. The molecule has 2 saturated carbocycles. The molecule has 0 radical (unpaired) electrons. The van der Waals surface area contributed by atoms with Gasteiger partial charge in [0.15, 0.2) is 17.3 Å². The first-order valence-corrected chi connectivity index (χ1v) is 36.1. The number of nitrogens with zero attached hydrogens (tertiary/aromatic N) is 1. The molecule has 8 aliphatic rings. The number of furan rings is 1. The summed E-state index contributed by atoms with van der Waals surface area (Å²) < 4.78 is 64.8. The van der Waals surface area contributed by atoms with Crippen molar-refractivity contribution in [3.8, 4) is 0 Å². The monoisotopic (exact) mass is 1410 g/mol. The lowest BCUT2D eigenvalue weighted by molar-refractivity contribution is -0.265. The quantitative estimate of drug-likeness (QED) is 0.0996. The van der Waals surface area contributed by atoms with Gasteiger partial charge >= 0.3 is 29.8 Å². The Morgan fingerprint density at radius 3 is 2.20 bits per heavy atom. The lowest BCUT2D eigenvalue weighted by atomic mass is 9.54. The van der Waals surface area contributed by atoms with E-state index in [0.717, 1.165) is 10.5 Å². The molecule has 2 unspecified atom stereocenters. The highest BCUT2D eigenvalue weighted by atomic mass is 16.6. The average Bonchev–Trinajstić information content (AvgIpc) is 1.65. The third-order valence-electron chi connectivity index (χ3n) is 23.0. The Morgan fingerprint density at radius 2 is 1.51 bits per heavy atom. The predicted octanol–water partition coefficient (Wildman–Crippen LogP) is 9.02. The van der Waals surface area contributed by atoms with E-state index in [4.69, 9.17) is 51.8 Å². The van der Waals surface area contributed by atoms with Crippen molar-refractivity contribution in [1.29, 1.82) is 0 Å². The molecule has 4 aliphatic heterocycles. The van der Waals surface area contributed by atoms with E-state index in [-0.39, 0.29) is 73.4 Å². The number of ketones is 4. The zero-order valence-electron chi connectivity index (χ0n) is 60.9. The van der Waals surface area contributed by atoms with Crippen LogP contribution in [0.15, 0.2) is 69.4 Å².